The summed E-state index contributed by atoms with van der Waals surface area (Å²) in [5, 5.41) is 15.4. The number of fused-ring (bicyclic) bond motifs is 1. The Labute approximate surface area is 222 Å². The Morgan fingerprint density at radius 1 is 1.13 bits per heavy atom. The molecule has 5 rings (SSSR count). The maximum atomic E-state index is 12.7. The average Bonchev–Trinajstić information content (AvgIpc) is 3.39. The normalized spacial score (nSPS) is 16.7. The summed E-state index contributed by atoms with van der Waals surface area (Å²) in [7, 11) is 0. The molecule has 38 heavy (non-hydrogen) atoms. The maximum absolute atomic E-state index is 12.7. The van der Waals surface area contributed by atoms with Crippen LogP contribution in [0.2, 0.25) is 0 Å². The van der Waals surface area contributed by atoms with E-state index in [1.165, 1.54) is 11.1 Å². The highest BCUT2D eigenvalue weighted by Gasteiger charge is 2.27. The molecule has 1 amide bonds. The van der Waals surface area contributed by atoms with Crippen molar-refractivity contribution in [2.45, 2.75) is 44.9 Å². The topological polar surface area (TPSA) is 115 Å². The number of pyridine rings is 1. The van der Waals surface area contributed by atoms with Crippen molar-refractivity contribution in [2.24, 2.45) is 0 Å². The Hall–Kier alpha value is -4.19. The molecule has 1 aromatic carbocycles. The molecule has 1 aliphatic heterocycles. The number of nitrogens with zero attached hydrogens (tertiary/aromatic N) is 5. The predicted octanol–water partition coefficient (Wildman–Crippen LogP) is 3.13. The molecule has 1 fully saturated rings. The van der Waals surface area contributed by atoms with Gasteiger partial charge >= 0.3 is 0 Å². The third kappa shape index (κ3) is 5.54. The van der Waals surface area contributed by atoms with Crippen molar-refractivity contribution in [2.75, 3.05) is 37.7 Å². The van der Waals surface area contributed by atoms with Crippen molar-refractivity contribution in [3.8, 4) is 11.8 Å². The van der Waals surface area contributed by atoms with Crippen LogP contribution < -0.4 is 15.2 Å². The van der Waals surface area contributed by atoms with Gasteiger partial charge < -0.3 is 14.5 Å². The standard InChI is InChI=1S/C29H32N6O3/c1-20-25(19-32-33-29(20)37)23-15-22-5-4-6-26(24(22)16-23)38-14-3-2-7-28(36)35-12-10-34(11-13-35)27-9-8-21(17-30)18-31-27/h4-6,8-9,18-19,23H,2-3,7,10-16H2,1H3,(H,33,37). The van der Waals surface area contributed by atoms with Gasteiger partial charge in [-0.2, -0.15) is 10.4 Å². The van der Waals surface area contributed by atoms with Crippen molar-refractivity contribution in [1.82, 2.24) is 20.1 Å². The smallest absolute Gasteiger partial charge is 0.267 e. The number of rotatable bonds is 8. The fourth-order valence-electron chi connectivity index (χ4n) is 5.40. The van der Waals surface area contributed by atoms with E-state index in [1.54, 1.807) is 18.5 Å². The van der Waals surface area contributed by atoms with Gasteiger partial charge in [-0.15, -0.1) is 0 Å². The van der Waals surface area contributed by atoms with Gasteiger partial charge in [0.2, 0.25) is 5.91 Å². The van der Waals surface area contributed by atoms with Crippen LogP contribution in [0.15, 0.2) is 47.5 Å². The van der Waals surface area contributed by atoms with Crippen LogP contribution in [0, 0.1) is 18.3 Å². The second-order valence-corrected chi connectivity index (χ2v) is 9.97. The van der Waals surface area contributed by atoms with Crippen molar-refractivity contribution < 1.29 is 9.53 Å². The lowest BCUT2D eigenvalue weighted by Crippen LogP contribution is -2.49. The SMILES string of the molecule is Cc1c(C2Cc3cccc(OCCCCC(=O)N4CCN(c5ccc(C#N)cn5)CC4)c3C2)cn[nH]c1=O. The van der Waals surface area contributed by atoms with Gasteiger partial charge in [0, 0.05) is 44.4 Å². The van der Waals surface area contributed by atoms with Crippen LogP contribution in [0.1, 0.15) is 53.0 Å². The quantitative estimate of drug-likeness (QED) is 0.461. The molecule has 0 bridgehead atoms. The molecule has 1 atom stereocenters. The van der Waals surface area contributed by atoms with Crippen LogP contribution in [0.4, 0.5) is 5.82 Å². The Morgan fingerprint density at radius 2 is 1.97 bits per heavy atom. The van der Waals surface area contributed by atoms with E-state index >= 15 is 0 Å². The minimum atomic E-state index is -0.130. The average molecular weight is 513 g/mol. The molecule has 1 unspecified atom stereocenters. The summed E-state index contributed by atoms with van der Waals surface area (Å²) in [5.74, 6) is 2.16. The maximum Gasteiger partial charge on any atom is 0.267 e. The first-order chi connectivity index (χ1) is 18.5. The number of H-pyrrole nitrogens is 1. The number of aromatic nitrogens is 3. The fraction of sp³-hybridized carbons (Fsp3) is 0.414. The highest BCUT2D eigenvalue weighted by atomic mass is 16.5. The van der Waals surface area contributed by atoms with E-state index in [-0.39, 0.29) is 17.4 Å². The number of nitrogens with one attached hydrogen (secondary N) is 1. The lowest BCUT2D eigenvalue weighted by atomic mass is 9.95. The van der Waals surface area contributed by atoms with Crippen LogP contribution in [-0.2, 0) is 17.6 Å². The number of amides is 1. The molecule has 3 aromatic rings. The number of piperazine rings is 1. The zero-order valence-electron chi connectivity index (χ0n) is 21.7. The molecule has 0 spiro atoms. The molecule has 0 radical (unpaired) electrons. The predicted molar refractivity (Wildman–Crippen MR) is 143 cm³/mol. The van der Waals surface area contributed by atoms with E-state index in [0.717, 1.165) is 61.5 Å². The first kappa shape index (κ1) is 25.5. The third-order valence-corrected chi connectivity index (χ3v) is 7.61. The number of carbonyl (C=O) groups is 1. The largest absolute Gasteiger partial charge is 0.493 e. The summed E-state index contributed by atoms with van der Waals surface area (Å²) >= 11 is 0. The van der Waals surface area contributed by atoms with Crippen LogP contribution in [0.25, 0.3) is 0 Å². The fourth-order valence-corrected chi connectivity index (χ4v) is 5.40. The molecular formula is C29H32N6O3. The Bertz CT molecular complexity index is 1390. The number of hydrogen-bond donors (Lipinski definition) is 1. The van der Waals surface area contributed by atoms with E-state index in [0.29, 0.717) is 31.7 Å². The van der Waals surface area contributed by atoms with E-state index in [4.69, 9.17) is 10.00 Å². The third-order valence-electron chi connectivity index (χ3n) is 7.61. The summed E-state index contributed by atoms with van der Waals surface area (Å²) in [5.41, 5.74) is 4.63. The number of aromatic amines is 1. The molecule has 2 aromatic heterocycles. The molecule has 3 heterocycles. The summed E-state index contributed by atoms with van der Waals surface area (Å²) in [6, 6.07) is 11.9. The van der Waals surface area contributed by atoms with Crippen molar-refractivity contribution in [1.29, 1.82) is 5.26 Å². The van der Waals surface area contributed by atoms with Crippen molar-refractivity contribution in [3.63, 3.8) is 0 Å². The first-order valence-electron chi connectivity index (χ1n) is 13.2. The molecule has 1 aliphatic carbocycles. The lowest BCUT2D eigenvalue weighted by Gasteiger charge is -2.35. The van der Waals surface area contributed by atoms with Crippen molar-refractivity contribution >= 4 is 11.7 Å². The second kappa shape index (κ2) is 11.5. The second-order valence-electron chi connectivity index (χ2n) is 9.97. The molecule has 196 valence electrons. The molecule has 2 aliphatic rings. The summed E-state index contributed by atoms with van der Waals surface area (Å²) in [6.45, 7) is 5.25. The van der Waals surface area contributed by atoms with E-state index in [9.17, 15) is 9.59 Å². The van der Waals surface area contributed by atoms with E-state index in [2.05, 4.69) is 32.2 Å². The number of unbranched alkanes of at least 4 members (excludes halogenated alkanes) is 1. The zero-order valence-corrected chi connectivity index (χ0v) is 21.7. The van der Waals surface area contributed by atoms with Crippen LogP contribution >= 0.6 is 0 Å². The molecule has 1 N–H and O–H groups in total. The van der Waals surface area contributed by atoms with Crippen LogP contribution in [-0.4, -0.2) is 58.8 Å². The number of anilines is 1. The number of nitriles is 1. The van der Waals surface area contributed by atoms with Gasteiger partial charge in [-0.3, -0.25) is 9.59 Å². The molecule has 9 heteroatoms. The highest BCUT2D eigenvalue weighted by Crippen LogP contribution is 2.39. The van der Waals surface area contributed by atoms with Gasteiger partial charge in [0.15, 0.2) is 0 Å². The van der Waals surface area contributed by atoms with E-state index in [1.807, 2.05) is 30.0 Å². The minimum Gasteiger partial charge on any atom is -0.493 e. The van der Waals surface area contributed by atoms with E-state index < -0.39 is 0 Å². The Morgan fingerprint density at radius 3 is 2.74 bits per heavy atom. The van der Waals surface area contributed by atoms with Crippen LogP contribution in [0.3, 0.4) is 0 Å². The summed E-state index contributed by atoms with van der Waals surface area (Å²) in [4.78, 5) is 33.1. The van der Waals surface area contributed by atoms with Gasteiger partial charge in [-0.25, -0.2) is 10.1 Å². The van der Waals surface area contributed by atoms with Gasteiger partial charge in [-0.05, 0) is 73.4 Å². The first-order valence-corrected chi connectivity index (χ1v) is 13.2. The van der Waals surface area contributed by atoms with Crippen LogP contribution in [0.5, 0.6) is 5.75 Å². The lowest BCUT2D eigenvalue weighted by molar-refractivity contribution is -0.131. The highest BCUT2D eigenvalue weighted by molar-refractivity contribution is 5.76. The monoisotopic (exact) mass is 512 g/mol. The molecular weight excluding hydrogens is 480 g/mol. The number of benzene rings is 1. The van der Waals surface area contributed by atoms with Gasteiger partial charge in [0.25, 0.3) is 5.56 Å². The molecule has 9 nitrogen and oxygen atoms in total. The number of ether oxygens (including phenoxy) is 1. The minimum absolute atomic E-state index is 0.130. The van der Waals surface area contributed by atoms with Gasteiger partial charge in [0.05, 0.1) is 18.4 Å². The van der Waals surface area contributed by atoms with Gasteiger partial charge in [0.1, 0.15) is 17.6 Å². The number of hydrogen-bond acceptors (Lipinski definition) is 7. The van der Waals surface area contributed by atoms with Gasteiger partial charge in [-0.1, -0.05) is 12.1 Å². The van der Waals surface area contributed by atoms with Crippen molar-refractivity contribution in [3.05, 3.63) is 80.9 Å². The Balaban J connectivity index is 1.05. The Kier molecular flexibility index (Phi) is 7.68. The summed E-state index contributed by atoms with van der Waals surface area (Å²) in [6.07, 6.45) is 7.18. The summed E-state index contributed by atoms with van der Waals surface area (Å²) < 4.78 is 6.15. The number of carbonyl (C=O) groups excluding carboxylic acids is 1. The zero-order chi connectivity index (χ0) is 26.5. The molecule has 1 saturated heterocycles. The molecule has 0 saturated carbocycles.